The SMILES string of the molecule is CCC(OCl)OCl. The molecule has 2 nitrogen and oxygen atoms in total. The summed E-state index contributed by atoms with van der Waals surface area (Å²) in [6.07, 6.45) is 0.163. The van der Waals surface area contributed by atoms with Gasteiger partial charge in [-0.1, -0.05) is 6.92 Å². The summed E-state index contributed by atoms with van der Waals surface area (Å²) in [6, 6.07) is 0. The first kappa shape index (κ1) is 7.50. The van der Waals surface area contributed by atoms with Crippen LogP contribution in [0.4, 0.5) is 0 Å². The first-order chi connectivity index (χ1) is 3.35. The largest absolute Gasteiger partial charge is 0.245 e. The molecule has 0 N–H and O–H groups in total. The van der Waals surface area contributed by atoms with Gasteiger partial charge in [0.15, 0.2) is 6.29 Å². The zero-order valence-corrected chi connectivity index (χ0v) is 5.37. The topological polar surface area (TPSA) is 18.5 Å². The maximum atomic E-state index is 4.86. The zero-order valence-electron chi connectivity index (χ0n) is 3.86. The van der Waals surface area contributed by atoms with Crippen LogP contribution in [0, 0.1) is 0 Å². The molecule has 0 heterocycles. The van der Waals surface area contributed by atoms with Crippen LogP contribution in [0.3, 0.4) is 0 Å². The van der Waals surface area contributed by atoms with Crippen molar-refractivity contribution in [1.29, 1.82) is 0 Å². The Bertz CT molecular complexity index is 32.4. The molecule has 0 saturated heterocycles. The van der Waals surface area contributed by atoms with Gasteiger partial charge in [0.2, 0.25) is 0 Å². The first-order valence-electron chi connectivity index (χ1n) is 1.90. The fraction of sp³-hybridized carbons (Fsp3) is 1.00. The van der Waals surface area contributed by atoms with Gasteiger partial charge in [0.25, 0.3) is 0 Å². The molecular formula is C3H6Cl2O2. The third kappa shape index (κ3) is 3.12. The predicted octanol–water partition coefficient (Wildman–Crippen LogP) is 2.06. The minimum absolute atomic E-state index is 0.483. The Morgan fingerprint density at radius 2 is 1.86 bits per heavy atom. The van der Waals surface area contributed by atoms with E-state index in [9.17, 15) is 0 Å². The summed E-state index contributed by atoms with van der Waals surface area (Å²) in [6.45, 7) is 1.84. The quantitative estimate of drug-likeness (QED) is 0.565. The van der Waals surface area contributed by atoms with Crippen molar-refractivity contribution in [3.8, 4) is 0 Å². The highest BCUT2D eigenvalue weighted by Crippen LogP contribution is 2.03. The molecule has 0 amide bonds. The average Bonchev–Trinajstić information content (AvgIpc) is 1.72. The summed E-state index contributed by atoms with van der Waals surface area (Å²) in [4.78, 5) is 0. The lowest BCUT2D eigenvalue weighted by molar-refractivity contribution is 0.0190. The summed E-state index contributed by atoms with van der Waals surface area (Å²) in [7, 11) is 0. The van der Waals surface area contributed by atoms with Crippen LogP contribution in [-0.2, 0) is 8.58 Å². The second-order valence-electron chi connectivity index (χ2n) is 1.02. The van der Waals surface area contributed by atoms with Crippen LogP contribution in [0.15, 0.2) is 0 Å². The maximum absolute atomic E-state index is 4.86. The van der Waals surface area contributed by atoms with E-state index >= 15 is 0 Å². The molecule has 44 valence electrons. The minimum Gasteiger partial charge on any atom is -0.245 e. The van der Waals surface area contributed by atoms with Crippen molar-refractivity contribution in [3.05, 3.63) is 0 Å². The van der Waals surface area contributed by atoms with E-state index in [1.165, 1.54) is 0 Å². The predicted molar refractivity (Wildman–Crippen MR) is 28.0 cm³/mol. The van der Waals surface area contributed by atoms with Gasteiger partial charge >= 0.3 is 0 Å². The summed E-state index contributed by atoms with van der Waals surface area (Å²) in [5.41, 5.74) is 0. The molecule has 0 bridgehead atoms. The van der Waals surface area contributed by atoms with E-state index < -0.39 is 6.29 Å². The lowest BCUT2D eigenvalue weighted by Gasteiger charge is -2.02. The number of hydrogen-bond acceptors (Lipinski definition) is 2. The van der Waals surface area contributed by atoms with Gasteiger partial charge in [-0.25, -0.2) is 8.58 Å². The second kappa shape index (κ2) is 4.65. The number of halogens is 2. The molecule has 0 aromatic heterocycles. The molecule has 7 heavy (non-hydrogen) atoms. The van der Waals surface area contributed by atoms with E-state index in [4.69, 9.17) is 23.7 Å². The molecule has 0 aromatic rings. The highest BCUT2D eigenvalue weighted by Gasteiger charge is 2.01. The minimum atomic E-state index is -0.483. The van der Waals surface area contributed by atoms with Crippen LogP contribution in [0.2, 0.25) is 0 Å². The van der Waals surface area contributed by atoms with E-state index in [-0.39, 0.29) is 0 Å². The van der Waals surface area contributed by atoms with Gasteiger partial charge in [-0.05, 0) is 6.42 Å². The lowest BCUT2D eigenvalue weighted by atomic mass is 10.5. The van der Waals surface area contributed by atoms with Gasteiger partial charge in [-0.2, -0.15) is 0 Å². The number of hydrogen-bond donors (Lipinski definition) is 0. The molecule has 0 aliphatic carbocycles. The van der Waals surface area contributed by atoms with Gasteiger partial charge in [-0.15, -0.1) is 0 Å². The van der Waals surface area contributed by atoms with Crippen LogP contribution in [0.1, 0.15) is 13.3 Å². The van der Waals surface area contributed by atoms with Gasteiger partial charge < -0.3 is 0 Å². The molecule has 0 rings (SSSR count). The first-order valence-corrected chi connectivity index (χ1v) is 2.51. The monoisotopic (exact) mass is 144 g/mol. The van der Waals surface area contributed by atoms with E-state index in [0.29, 0.717) is 6.42 Å². The Morgan fingerprint density at radius 1 is 1.43 bits per heavy atom. The van der Waals surface area contributed by atoms with Crippen molar-refractivity contribution in [1.82, 2.24) is 0 Å². The molecule has 0 aromatic carbocycles. The molecule has 0 atom stereocenters. The van der Waals surface area contributed by atoms with Crippen molar-refractivity contribution in [3.63, 3.8) is 0 Å². The van der Waals surface area contributed by atoms with E-state index in [1.807, 2.05) is 6.92 Å². The molecule has 0 spiro atoms. The van der Waals surface area contributed by atoms with Crippen LogP contribution < -0.4 is 0 Å². The van der Waals surface area contributed by atoms with Gasteiger partial charge in [0.05, 0.1) is 23.7 Å². The Morgan fingerprint density at radius 3 is 1.86 bits per heavy atom. The zero-order chi connectivity index (χ0) is 5.70. The summed E-state index contributed by atoms with van der Waals surface area (Å²) < 4.78 is 8.33. The Labute approximate surface area is 52.6 Å². The van der Waals surface area contributed by atoms with Crippen molar-refractivity contribution in [2.75, 3.05) is 0 Å². The normalized spacial score (nSPS) is 10.3. The van der Waals surface area contributed by atoms with Crippen molar-refractivity contribution in [2.45, 2.75) is 19.6 Å². The van der Waals surface area contributed by atoms with Gasteiger partial charge in [0, 0.05) is 0 Å². The number of rotatable bonds is 3. The Hall–Kier alpha value is 0.500. The van der Waals surface area contributed by atoms with Crippen molar-refractivity contribution < 1.29 is 8.58 Å². The maximum Gasteiger partial charge on any atom is 0.196 e. The summed E-state index contributed by atoms with van der Waals surface area (Å²) in [5, 5.41) is 0. The molecule has 0 radical (unpaired) electrons. The smallest absolute Gasteiger partial charge is 0.196 e. The third-order valence-electron chi connectivity index (χ3n) is 0.532. The summed E-state index contributed by atoms with van der Waals surface area (Å²) >= 11 is 9.72. The Balaban J connectivity index is 2.99. The lowest BCUT2D eigenvalue weighted by Crippen LogP contribution is -2.03. The average molecular weight is 145 g/mol. The van der Waals surface area contributed by atoms with Gasteiger partial charge in [-0.3, -0.25) is 0 Å². The third-order valence-corrected chi connectivity index (χ3v) is 0.930. The van der Waals surface area contributed by atoms with E-state index in [1.54, 1.807) is 0 Å². The molecule has 0 fully saturated rings. The summed E-state index contributed by atoms with van der Waals surface area (Å²) in [5.74, 6) is 0. The fourth-order valence-corrected chi connectivity index (χ4v) is 0.502. The van der Waals surface area contributed by atoms with Crippen molar-refractivity contribution in [2.24, 2.45) is 0 Å². The van der Waals surface area contributed by atoms with Crippen LogP contribution in [0.5, 0.6) is 0 Å². The second-order valence-corrected chi connectivity index (χ2v) is 1.37. The Kier molecular flexibility index (Phi) is 4.99. The van der Waals surface area contributed by atoms with Crippen molar-refractivity contribution >= 4 is 23.7 Å². The fourth-order valence-electron chi connectivity index (χ4n) is 0.140. The molecular weight excluding hydrogens is 139 g/mol. The van der Waals surface area contributed by atoms with Crippen LogP contribution in [0.25, 0.3) is 0 Å². The molecule has 4 heteroatoms. The van der Waals surface area contributed by atoms with Crippen LogP contribution >= 0.6 is 23.7 Å². The molecule has 0 aliphatic rings. The van der Waals surface area contributed by atoms with E-state index in [2.05, 4.69) is 8.58 Å². The molecule has 0 aliphatic heterocycles. The van der Waals surface area contributed by atoms with E-state index in [0.717, 1.165) is 0 Å². The highest BCUT2D eigenvalue weighted by atomic mass is 35.5. The highest BCUT2D eigenvalue weighted by molar-refractivity contribution is 6.09. The van der Waals surface area contributed by atoms with Gasteiger partial charge in [0.1, 0.15) is 0 Å². The van der Waals surface area contributed by atoms with Crippen LogP contribution in [-0.4, -0.2) is 6.29 Å². The molecule has 0 saturated carbocycles. The molecule has 0 unspecified atom stereocenters. The standard InChI is InChI=1S/C3H6Cl2O2/c1-2-3(6-4)7-5/h3H,2H2,1H3.